The van der Waals surface area contributed by atoms with E-state index in [1.54, 1.807) is 13.2 Å². The van der Waals surface area contributed by atoms with Crippen LogP contribution in [0, 0.1) is 0 Å². The largest absolute Gasteiger partial charge is 0.497 e. The third-order valence-corrected chi connectivity index (χ3v) is 3.36. The average Bonchev–Trinajstić information content (AvgIpc) is 2.47. The number of methoxy groups -OCH3 is 1. The molecule has 1 aliphatic heterocycles. The van der Waals surface area contributed by atoms with Gasteiger partial charge in [0, 0.05) is 5.39 Å². The molecule has 1 heterocycles. The number of hydrogen-bond donors (Lipinski definition) is 1. The number of piperazine rings is 1. The molecule has 1 aliphatic rings. The molecule has 0 aliphatic carbocycles. The molecule has 0 spiro atoms. The Morgan fingerprint density at radius 2 is 1.85 bits per heavy atom. The number of nitrogens with one attached hydrogen (secondary N) is 1. The van der Waals surface area contributed by atoms with Gasteiger partial charge < -0.3 is 4.74 Å². The number of fused-ring (bicyclic) bond motifs is 1. The lowest BCUT2D eigenvalue weighted by Gasteiger charge is -2.26. The van der Waals surface area contributed by atoms with Crippen LogP contribution in [0.5, 0.6) is 5.75 Å². The zero-order valence-electron chi connectivity index (χ0n) is 11.1. The lowest BCUT2D eigenvalue weighted by Crippen LogP contribution is -2.52. The Bertz CT molecular complexity index is 681. The molecular weight excluding hydrogens is 256 g/mol. The molecule has 0 atom stereocenters. The minimum absolute atomic E-state index is 0.173. The van der Waals surface area contributed by atoms with E-state index in [1.165, 1.54) is 4.90 Å². The predicted molar refractivity (Wildman–Crippen MR) is 75.9 cm³/mol. The topological polar surface area (TPSA) is 58.6 Å². The van der Waals surface area contributed by atoms with Gasteiger partial charge in [-0.1, -0.05) is 18.2 Å². The molecule has 5 heteroatoms. The van der Waals surface area contributed by atoms with Crippen molar-refractivity contribution in [1.29, 1.82) is 0 Å². The Hall–Kier alpha value is -2.40. The number of carbonyl (C=O) groups excluding carboxylic acids is 2. The summed E-state index contributed by atoms with van der Waals surface area (Å²) in [4.78, 5) is 25.3. The van der Waals surface area contributed by atoms with Crippen molar-refractivity contribution in [2.45, 2.75) is 0 Å². The third-order valence-electron chi connectivity index (χ3n) is 3.36. The minimum atomic E-state index is -0.239. The maximum absolute atomic E-state index is 12.0. The normalized spacial score (nSPS) is 15.8. The van der Waals surface area contributed by atoms with Gasteiger partial charge in [-0.2, -0.15) is 0 Å². The number of benzene rings is 2. The standard InChI is InChI=1S/C15H14N2O3/c1-20-11-6-5-10-3-2-4-13(12(10)7-11)17-14(18)8-16-9-15(17)19/h2-7,16H,8-9H2,1H3. The van der Waals surface area contributed by atoms with Gasteiger partial charge >= 0.3 is 0 Å². The van der Waals surface area contributed by atoms with Gasteiger partial charge in [0.25, 0.3) is 0 Å². The summed E-state index contributed by atoms with van der Waals surface area (Å²) in [6, 6.07) is 11.2. The van der Waals surface area contributed by atoms with Crippen molar-refractivity contribution in [2.24, 2.45) is 0 Å². The van der Waals surface area contributed by atoms with Crippen molar-refractivity contribution >= 4 is 28.3 Å². The van der Waals surface area contributed by atoms with Gasteiger partial charge in [-0.25, -0.2) is 4.90 Å². The number of amides is 2. The van der Waals surface area contributed by atoms with Crippen LogP contribution in [0.1, 0.15) is 0 Å². The van der Waals surface area contributed by atoms with Crippen molar-refractivity contribution in [3.05, 3.63) is 36.4 Å². The van der Waals surface area contributed by atoms with Crippen LogP contribution in [0.25, 0.3) is 10.8 Å². The van der Waals surface area contributed by atoms with Crippen molar-refractivity contribution in [2.75, 3.05) is 25.1 Å². The summed E-state index contributed by atoms with van der Waals surface area (Å²) < 4.78 is 5.22. The maximum atomic E-state index is 12.0. The van der Waals surface area contributed by atoms with E-state index in [-0.39, 0.29) is 24.9 Å². The summed E-state index contributed by atoms with van der Waals surface area (Å²) in [5.74, 6) is 0.216. The van der Waals surface area contributed by atoms with Crippen LogP contribution in [0.3, 0.4) is 0 Å². The first-order chi connectivity index (χ1) is 9.70. The number of ether oxygens (including phenoxy) is 1. The monoisotopic (exact) mass is 270 g/mol. The highest BCUT2D eigenvalue weighted by atomic mass is 16.5. The molecule has 0 saturated carbocycles. The van der Waals surface area contributed by atoms with E-state index < -0.39 is 0 Å². The first-order valence-electron chi connectivity index (χ1n) is 6.34. The number of hydrogen-bond acceptors (Lipinski definition) is 4. The Balaban J connectivity index is 2.19. The Kier molecular flexibility index (Phi) is 3.12. The number of nitrogens with zero attached hydrogens (tertiary/aromatic N) is 1. The van der Waals surface area contributed by atoms with Crippen molar-refractivity contribution in [1.82, 2.24) is 5.32 Å². The molecule has 0 unspecified atom stereocenters. The van der Waals surface area contributed by atoms with Crippen LogP contribution in [0.2, 0.25) is 0 Å². The summed E-state index contributed by atoms with van der Waals surface area (Å²) in [5, 5.41) is 4.58. The van der Waals surface area contributed by atoms with E-state index in [0.29, 0.717) is 11.4 Å². The van der Waals surface area contributed by atoms with E-state index in [9.17, 15) is 9.59 Å². The highest BCUT2D eigenvalue weighted by Gasteiger charge is 2.28. The SMILES string of the molecule is COc1ccc2cccc(N3C(=O)CNCC3=O)c2c1. The number of rotatable bonds is 2. The molecular formula is C15H14N2O3. The Labute approximate surface area is 116 Å². The van der Waals surface area contributed by atoms with Crippen LogP contribution >= 0.6 is 0 Å². The van der Waals surface area contributed by atoms with E-state index in [1.807, 2.05) is 30.3 Å². The van der Waals surface area contributed by atoms with Crippen LogP contribution in [0.15, 0.2) is 36.4 Å². The summed E-state index contributed by atoms with van der Waals surface area (Å²) in [6.07, 6.45) is 0. The summed E-state index contributed by atoms with van der Waals surface area (Å²) in [7, 11) is 1.59. The highest BCUT2D eigenvalue weighted by Crippen LogP contribution is 2.30. The van der Waals surface area contributed by atoms with E-state index in [2.05, 4.69) is 5.32 Å². The van der Waals surface area contributed by atoms with Crippen LogP contribution in [-0.4, -0.2) is 32.0 Å². The molecule has 3 rings (SSSR count). The average molecular weight is 270 g/mol. The molecule has 0 radical (unpaired) electrons. The Morgan fingerprint density at radius 3 is 2.55 bits per heavy atom. The third kappa shape index (κ3) is 2.02. The van der Waals surface area contributed by atoms with Crippen molar-refractivity contribution < 1.29 is 14.3 Å². The smallest absolute Gasteiger partial charge is 0.247 e. The van der Waals surface area contributed by atoms with E-state index in [0.717, 1.165) is 10.8 Å². The lowest BCUT2D eigenvalue weighted by molar-refractivity contribution is -0.127. The second-order valence-corrected chi connectivity index (χ2v) is 4.59. The van der Waals surface area contributed by atoms with Gasteiger partial charge in [0.05, 0.1) is 25.9 Å². The van der Waals surface area contributed by atoms with Gasteiger partial charge in [-0.15, -0.1) is 0 Å². The molecule has 0 aromatic heterocycles. The van der Waals surface area contributed by atoms with Crippen LogP contribution < -0.4 is 15.0 Å². The first-order valence-corrected chi connectivity index (χ1v) is 6.34. The lowest BCUT2D eigenvalue weighted by atomic mass is 10.1. The quantitative estimate of drug-likeness (QED) is 0.836. The fourth-order valence-corrected chi connectivity index (χ4v) is 2.40. The number of carbonyl (C=O) groups is 2. The molecule has 1 N–H and O–H groups in total. The van der Waals surface area contributed by atoms with Gasteiger partial charge in [0.2, 0.25) is 11.8 Å². The molecule has 1 fully saturated rings. The maximum Gasteiger partial charge on any atom is 0.247 e. The molecule has 20 heavy (non-hydrogen) atoms. The summed E-state index contributed by atoms with van der Waals surface area (Å²) in [6.45, 7) is 0.345. The molecule has 102 valence electrons. The van der Waals surface area contributed by atoms with Crippen LogP contribution in [0.4, 0.5) is 5.69 Å². The summed E-state index contributed by atoms with van der Waals surface area (Å²) in [5.41, 5.74) is 0.609. The minimum Gasteiger partial charge on any atom is -0.497 e. The van der Waals surface area contributed by atoms with Gasteiger partial charge in [-0.05, 0) is 23.6 Å². The molecule has 5 nitrogen and oxygen atoms in total. The van der Waals surface area contributed by atoms with Gasteiger partial charge in [-0.3, -0.25) is 14.9 Å². The van der Waals surface area contributed by atoms with Crippen LogP contribution in [-0.2, 0) is 9.59 Å². The molecule has 0 bridgehead atoms. The zero-order valence-corrected chi connectivity index (χ0v) is 11.1. The highest BCUT2D eigenvalue weighted by molar-refractivity contribution is 6.21. The second-order valence-electron chi connectivity index (χ2n) is 4.59. The second kappa shape index (κ2) is 4.94. The van der Waals surface area contributed by atoms with E-state index >= 15 is 0 Å². The van der Waals surface area contributed by atoms with Crippen molar-refractivity contribution in [3.63, 3.8) is 0 Å². The fraction of sp³-hybridized carbons (Fsp3) is 0.200. The zero-order chi connectivity index (χ0) is 14.1. The van der Waals surface area contributed by atoms with E-state index in [4.69, 9.17) is 4.74 Å². The molecule has 2 amide bonds. The molecule has 2 aromatic rings. The first kappa shape index (κ1) is 12.6. The van der Waals surface area contributed by atoms with Crippen molar-refractivity contribution in [3.8, 4) is 5.75 Å². The summed E-state index contributed by atoms with van der Waals surface area (Å²) >= 11 is 0. The Morgan fingerprint density at radius 1 is 1.10 bits per heavy atom. The molecule has 1 saturated heterocycles. The van der Waals surface area contributed by atoms with Gasteiger partial charge in [0.15, 0.2) is 0 Å². The predicted octanol–water partition coefficient (Wildman–Crippen LogP) is 1.31. The number of anilines is 1. The fourth-order valence-electron chi connectivity index (χ4n) is 2.40. The number of imide groups is 1. The van der Waals surface area contributed by atoms with Gasteiger partial charge in [0.1, 0.15) is 5.75 Å². The molecule has 2 aromatic carbocycles.